The summed E-state index contributed by atoms with van der Waals surface area (Å²) in [5.41, 5.74) is -0.744. The van der Waals surface area contributed by atoms with E-state index in [0.717, 1.165) is 19.5 Å². The fourth-order valence-electron chi connectivity index (χ4n) is 1.41. The Morgan fingerprint density at radius 3 is 2.82 bits per heavy atom. The number of halogens is 1. The first-order chi connectivity index (χ1) is 8.00. The molecule has 0 radical (unpaired) electrons. The van der Waals surface area contributed by atoms with Gasteiger partial charge in [0.25, 0.3) is 5.56 Å². The van der Waals surface area contributed by atoms with Crippen molar-refractivity contribution in [2.75, 3.05) is 13.1 Å². The molecule has 0 unspecified atom stereocenters. The molecule has 0 saturated carbocycles. The summed E-state index contributed by atoms with van der Waals surface area (Å²) in [5, 5.41) is 3.30. The van der Waals surface area contributed by atoms with Crippen molar-refractivity contribution in [2.45, 2.75) is 26.8 Å². The Bertz CT molecular complexity index is 465. The highest BCUT2D eigenvalue weighted by Crippen LogP contribution is 1.98. The van der Waals surface area contributed by atoms with Gasteiger partial charge in [0.1, 0.15) is 0 Å². The Morgan fingerprint density at radius 1 is 1.47 bits per heavy atom. The number of nitrogens with one attached hydrogen (secondary N) is 2. The molecule has 0 spiro atoms. The number of rotatable bonds is 6. The predicted octanol–water partition coefficient (Wildman–Crippen LogP) is 0.935. The molecule has 0 fully saturated rings. The third-order valence-electron chi connectivity index (χ3n) is 2.27. The number of aryl methyl sites for hydroxylation is 1. The van der Waals surface area contributed by atoms with Crippen LogP contribution >= 0.6 is 15.9 Å². The van der Waals surface area contributed by atoms with Gasteiger partial charge < -0.3 is 5.32 Å². The first-order valence-corrected chi connectivity index (χ1v) is 6.50. The number of aromatic nitrogens is 2. The second-order valence-corrected chi connectivity index (χ2v) is 5.24. The standard InChI is InChI=1S/C11H18BrN3O2/c1-8(2)6-13-4-3-5-15-7-9(12)10(16)14-11(15)17/h7-8,13H,3-6H2,1-2H3,(H,14,16,17). The van der Waals surface area contributed by atoms with Crippen molar-refractivity contribution in [3.05, 3.63) is 31.5 Å². The van der Waals surface area contributed by atoms with Crippen molar-refractivity contribution in [1.82, 2.24) is 14.9 Å². The number of aromatic amines is 1. The van der Waals surface area contributed by atoms with Crippen molar-refractivity contribution in [1.29, 1.82) is 0 Å². The molecule has 0 atom stereocenters. The summed E-state index contributed by atoms with van der Waals surface area (Å²) in [6.45, 7) is 6.73. The lowest BCUT2D eigenvalue weighted by atomic mass is 10.2. The molecule has 0 bridgehead atoms. The highest BCUT2D eigenvalue weighted by Gasteiger charge is 2.01. The predicted molar refractivity (Wildman–Crippen MR) is 71.3 cm³/mol. The molecule has 2 N–H and O–H groups in total. The van der Waals surface area contributed by atoms with E-state index in [1.165, 1.54) is 10.8 Å². The Labute approximate surface area is 108 Å². The van der Waals surface area contributed by atoms with Crippen LogP contribution in [0, 0.1) is 5.92 Å². The van der Waals surface area contributed by atoms with E-state index in [-0.39, 0.29) is 11.2 Å². The highest BCUT2D eigenvalue weighted by molar-refractivity contribution is 9.10. The number of hydrogen-bond donors (Lipinski definition) is 2. The smallest absolute Gasteiger partial charge is 0.316 e. The zero-order chi connectivity index (χ0) is 12.8. The maximum absolute atomic E-state index is 11.4. The van der Waals surface area contributed by atoms with Crippen LogP contribution in [0.5, 0.6) is 0 Å². The maximum Gasteiger partial charge on any atom is 0.328 e. The van der Waals surface area contributed by atoms with Crippen molar-refractivity contribution in [3.8, 4) is 0 Å². The van der Waals surface area contributed by atoms with Gasteiger partial charge in [-0.15, -0.1) is 0 Å². The molecule has 1 aromatic rings. The van der Waals surface area contributed by atoms with Gasteiger partial charge in [-0.2, -0.15) is 0 Å². The Balaban J connectivity index is 2.45. The topological polar surface area (TPSA) is 66.9 Å². The molecule has 0 aliphatic carbocycles. The summed E-state index contributed by atoms with van der Waals surface area (Å²) in [7, 11) is 0. The minimum Gasteiger partial charge on any atom is -0.316 e. The van der Waals surface area contributed by atoms with E-state index in [0.29, 0.717) is 16.9 Å². The van der Waals surface area contributed by atoms with Crippen LogP contribution in [0.25, 0.3) is 0 Å². The molecule has 0 amide bonds. The number of H-pyrrole nitrogens is 1. The van der Waals surface area contributed by atoms with Crippen molar-refractivity contribution in [2.24, 2.45) is 5.92 Å². The van der Waals surface area contributed by atoms with Crippen molar-refractivity contribution in [3.63, 3.8) is 0 Å². The minimum atomic E-state index is -0.385. The molecule has 5 nitrogen and oxygen atoms in total. The van der Waals surface area contributed by atoms with Crippen molar-refractivity contribution < 1.29 is 0 Å². The SMILES string of the molecule is CC(C)CNCCCn1cc(Br)c(=O)[nH]c1=O. The molecule has 1 aromatic heterocycles. The van der Waals surface area contributed by atoms with Gasteiger partial charge >= 0.3 is 5.69 Å². The monoisotopic (exact) mass is 303 g/mol. The third-order valence-corrected chi connectivity index (χ3v) is 2.84. The maximum atomic E-state index is 11.4. The lowest BCUT2D eigenvalue weighted by molar-refractivity contribution is 0.514. The van der Waals surface area contributed by atoms with Gasteiger partial charge in [0.2, 0.25) is 0 Å². The first-order valence-electron chi connectivity index (χ1n) is 5.70. The molecule has 96 valence electrons. The van der Waals surface area contributed by atoms with Crippen molar-refractivity contribution >= 4 is 15.9 Å². The van der Waals surface area contributed by atoms with Crippen LogP contribution in [0.2, 0.25) is 0 Å². The summed E-state index contributed by atoms with van der Waals surface area (Å²) in [5.74, 6) is 0.625. The van der Waals surface area contributed by atoms with Crippen LogP contribution < -0.4 is 16.6 Å². The zero-order valence-electron chi connectivity index (χ0n) is 10.1. The molecule has 0 aliphatic rings. The van der Waals surface area contributed by atoms with E-state index in [4.69, 9.17) is 0 Å². The minimum absolute atomic E-state index is 0.359. The Morgan fingerprint density at radius 2 is 2.18 bits per heavy atom. The average molecular weight is 304 g/mol. The Hall–Kier alpha value is -0.880. The molecular formula is C11H18BrN3O2. The van der Waals surface area contributed by atoms with Gasteiger partial charge in [0, 0.05) is 12.7 Å². The van der Waals surface area contributed by atoms with Gasteiger partial charge in [-0.25, -0.2) is 4.79 Å². The lowest BCUT2D eigenvalue weighted by Crippen LogP contribution is -2.31. The molecule has 0 saturated heterocycles. The third kappa shape index (κ3) is 4.87. The molecular weight excluding hydrogens is 286 g/mol. The van der Waals surface area contributed by atoms with Gasteiger partial charge in [-0.3, -0.25) is 14.3 Å². The van der Waals surface area contributed by atoms with E-state index in [2.05, 4.69) is 40.1 Å². The summed E-state index contributed by atoms with van der Waals surface area (Å²) < 4.78 is 1.88. The van der Waals surface area contributed by atoms with Crippen LogP contribution in [0.4, 0.5) is 0 Å². The number of nitrogens with zero attached hydrogens (tertiary/aromatic N) is 1. The summed E-state index contributed by atoms with van der Waals surface area (Å²) in [6.07, 6.45) is 2.38. The first kappa shape index (κ1) is 14.2. The van der Waals surface area contributed by atoms with Crippen LogP contribution in [0.1, 0.15) is 20.3 Å². The summed E-state index contributed by atoms with van der Waals surface area (Å²) in [6, 6.07) is 0. The zero-order valence-corrected chi connectivity index (χ0v) is 11.7. The average Bonchev–Trinajstić information content (AvgIpc) is 2.24. The quantitative estimate of drug-likeness (QED) is 0.769. The van der Waals surface area contributed by atoms with E-state index in [9.17, 15) is 9.59 Å². The Kier molecular flexibility index (Phi) is 5.64. The number of hydrogen-bond acceptors (Lipinski definition) is 3. The van der Waals surface area contributed by atoms with Crippen LogP contribution in [-0.2, 0) is 6.54 Å². The molecule has 17 heavy (non-hydrogen) atoms. The normalized spacial score (nSPS) is 11.1. The van der Waals surface area contributed by atoms with E-state index >= 15 is 0 Å². The van der Waals surface area contributed by atoms with Crippen LogP contribution in [0.3, 0.4) is 0 Å². The van der Waals surface area contributed by atoms with Gasteiger partial charge in [0.15, 0.2) is 0 Å². The van der Waals surface area contributed by atoms with E-state index in [1.54, 1.807) is 0 Å². The molecule has 1 rings (SSSR count). The molecule has 0 aliphatic heterocycles. The second-order valence-electron chi connectivity index (χ2n) is 4.38. The fourth-order valence-corrected chi connectivity index (χ4v) is 1.76. The molecule has 6 heteroatoms. The fraction of sp³-hybridized carbons (Fsp3) is 0.636. The highest BCUT2D eigenvalue weighted by atomic mass is 79.9. The summed E-state index contributed by atoms with van der Waals surface area (Å²) >= 11 is 3.10. The molecule has 1 heterocycles. The summed E-state index contributed by atoms with van der Waals surface area (Å²) in [4.78, 5) is 24.8. The lowest BCUT2D eigenvalue weighted by Gasteiger charge is -2.08. The van der Waals surface area contributed by atoms with Gasteiger partial charge in [-0.1, -0.05) is 13.8 Å². The van der Waals surface area contributed by atoms with Crippen LogP contribution in [-0.4, -0.2) is 22.6 Å². The molecule has 0 aromatic carbocycles. The van der Waals surface area contributed by atoms with Crippen LogP contribution in [0.15, 0.2) is 20.3 Å². The van der Waals surface area contributed by atoms with Gasteiger partial charge in [-0.05, 0) is 41.4 Å². The van der Waals surface area contributed by atoms with E-state index < -0.39 is 0 Å². The van der Waals surface area contributed by atoms with Gasteiger partial charge in [0.05, 0.1) is 4.47 Å². The largest absolute Gasteiger partial charge is 0.328 e. The van der Waals surface area contributed by atoms with E-state index in [1.807, 2.05) is 0 Å². The second kappa shape index (κ2) is 6.76.